The van der Waals surface area contributed by atoms with Crippen molar-refractivity contribution in [3.05, 3.63) is 29.8 Å². The standard InChI is InChI=1S/C14H17F3O3S/c1-10-5-7-13(8-6-10)21(18,19)20-12-4-2-3-11(9-12)14(15,16)17/h5-8,11-12H,2-4,9H2,1H3. The van der Waals surface area contributed by atoms with Crippen molar-refractivity contribution >= 4 is 10.1 Å². The number of hydrogen-bond acceptors (Lipinski definition) is 3. The Hall–Kier alpha value is -1.08. The molecule has 1 aromatic carbocycles. The second-order valence-electron chi connectivity index (χ2n) is 5.39. The normalized spacial score (nSPS) is 24.0. The van der Waals surface area contributed by atoms with Crippen LogP contribution in [0.4, 0.5) is 13.2 Å². The summed E-state index contributed by atoms with van der Waals surface area (Å²) in [4.78, 5) is -0.0257. The summed E-state index contributed by atoms with van der Waals surface area (Å²) in [7, 11) is -4.01. The summed E-state index contributed by atoms with van der Waals surface area (Å²) in [5, 5.41) is 0. The Kier molecular flexibility index (Phi) is 4.63. The lowest BCUT2D eigenvalue weighted by molar-refractivity contribution is -0.188. The highest BCUT2D eigenvalue weighted by molar-refractivity contribution is 7.86. The van der Waals surface area contributed by atoms with Crippen molar-refractivity contribution in [1.29, 1.82) is 0 Å². The molecule has 0 aliphatic heterocycles. The first-order chi connectivity index (χ1) is 9.68. The second kappa shape index (κ2) is 5.96. The van der Waals surface area contributed by atoms with E-state index in [-0.39, 0.29) is 17.7 Å². The third-order valence-corrected chi connectivity index (χ3v) is 5.04. The van der Waals surface area contributed by atoms with Crippen molar-refractivity contribution in [2.24, 2.45) is 5.92 Å². The first-order valence-corrected chi connectivity index (χ1v) is 8.16. The highest BCUT2D eigenvalue weighted by Gasteiger charge is 2.43. The Morgan fingerprint density at radius 1 is 1.14 bits per heavy atom. The zero-order chi connectivity index (χ0) is 15.7. The lowest BCUT2D eigenvalue weighted by Gasteiger charge is -2.29. The summed E-state index contributed by atoms with van der Waals surface area (Å²) in [6, 6.07) is 6.04. The van der Waals surface area contributed by atoms with Gasteiger partial charge in [-0.25, -0.2) is 0 Å². The fraction of sp³-hybridized carbons (Fsp3) is 0.571. The van der Waals surface area contributed by atoms with Gasteiger partial charge in [0, 0.05) is 0 Å². The highest BCUT2D eigenvalue weighted by atomic mass is 32.2. The van der Waals surface area contributed by atoms with E-state index in [1.165, 1.54) is 12.1 Å². The molecule has 118 valence electrons. The molecule has 3 nitrogen and oxygen atoms in total. The Morgan fingerprint density at radius 2 is 1.76 bits per heavy atom. The van der Waals surface area contributed by atoms with Crippen LogP contribution < -0.4 is 0 Å². The predicted octanol–water partition coefficient (Wildman–Crippen LogP) is 3.82. The molecule has 2 atom stereocenters. The number of halogens is 3. The molecule has 1 aromatic rings. The van der Waals surface area contributed by atoms with Gasteiger partial charge in [0.05, 0.1) is 16.9 Å². The van der Waals surface area contributed by atoms with Gasteiger partial charge in [0.15, 0.2) is 0 Å². The van der Waals surface area contributed by atoms with Crippen LogP contribution in [0.3, 0.4) is 0 Å². The molecule has 0 aromatic heterocycles. The van der Waals surface area contributed by atoms with Crippen molar-refractivity contribution in [2.45, 2.75) is 49.8 Å². The van der Waals surface area contributed by atoms with Gasteiger partial charge in [-0.2, -0.15) is 21.6 Å². The van der Waals surface area contributed by atoms with E-state index in [4.69, 9.17) is 4.18 Å². The van der Waals surface area contributed by atoms with Gasteiger partial charge in [0.25, 0.3) is 10.1 Å². The third kappa shape index (κ3) is 4.20. The maximum absolute atomic E-state index is 12.7. The molecule has 0 N–H and O–H groups in total. The second-order valence-corrected chi connectivity index (χ2v) is 6.96. The molecule has 1 saturated carbocycles. The molecule has 1 fully saturated rings. The molecular formula is C14H17F3O3S. The van der Waals surface area contributed by atoms with Crippen LogP contribution in [0.5, 0.6) is 0 Å². The number of hydrogen-bond donors (Lipinski definition) is 0. The summed E-state index contributed by atoms with van der Waals surface area (Å²) < 4.78 is 67.3. The summed E-state index contributed by atoms with van der Waals surface area (Å²) in [6.45, 7) is 1.81. The minimum atomic E-state index is -4.30. The molecule has 0 bridgehead atoms. The monoisotopic (exact) mass is 322 g/mol. The van der Waals surface area contributed by atoms with E-state index in [1.807, 2.05) is 6.92 Å². The average molecular weight is 322 g/mol. The molecule has 0 heterocycles. The minimum Gasteiger partial charge on any atom is -0.263 e. The molecule has 2 unspecified atom stereocenters. The van der Waals surface area contributed by atoms with Crippen LogP contribution in [0.1, 0.15) is 31.2 Å². The van der Waals surface area contributed by atoms with E-state index >= 15 is 0 Å². The topological polar surface area (TPSA) is 43.4 Å². The Balaban J connectivity index is 2.08. The number of rotatable bonds is 3. The van der Waals surface area contributed by atoms with Gasteiger partial charge >= 0.3 is 6.18 Å². The van der Waals surface area contributed by atoms with Crippen LogP contribution in [0.25, 0.3) is 0 Å². The Bertz CT molecular complexity index is 578. The number of benzene rings is 1. The van der Waals surface area contributed by atoms with E-state index in [9.17, 15) is 21.6 Å². The molecule has 1 aliphatic carbocycles. The van der Waals surface area contributed by atoms with E-state index < -0.39 is 28.3 Å². The lowest BCUT2D eigenvalue weighted by atomic mass is 9.87. The van der Waals surface area contributed by atoms with Gasteiger partial charge in [0.2, 0.25) is 0 Å². The molecule has 0 spiro atoms. The van der Waals surface area contributed by atoms with Crippen LogP contribution in [0.2, 0.25) is 0 Å². The van der Waals surface area contributed by atoms with Crippen molar-refractivity contribution in [3.63, 3.8) is 0 Å². The zero-order valence-electron chi connectivity index (χ0n) is 11.6. The van der Waals surface area contributed by atoms with E-state index in [0.717, 1.165) is 5.56 Å². The van der Waals surface area contributed by atoms with Gasteiger partial charge in [-0.05, 0) is 38.3 Å². The van der Waals surface area contributed by atoms with Gasteiger partial charge in [-0.3, -0.25) is 4.18 Å². The first kappa shape index (κ1) is 16.3. The molecule has 1 aliphatic rings. The number of aryl methyl sites for hydroxylation is 1. The predicted molar refractivity (Wildman–Crippen MR) is 71.3 cm³/mol. The molecular weight excluding hydrogens is 305 g/mol. The van der Waals surface area contributed by atoms with Gasteiger partial charge < -0.3 is 0 Å². The van der Waals surface area contributed by atoms with Crippen molar-refractivity contribution < 1.29 is 25.8 Å². The van der Waals surface area contributed by atoms with Crippen LogP contribution in [-0.4, -0.2) is 20.7 Å². The van der Waals surface area contributed by atoms with Gasteiger partial charge in [-0.15, -0.1) is 0 Å². The summed E-state index contributed by atoms with van der Waals surface area (Å²) >= 11 is 0. The minimum absolute atomic E-state index is 0.0257. The third-order valence-electron chi connectivity index (χ3n) is 3.66. The zero-order valence-corrected chi connectivity index (χ0v) is 12.4. The SMILES string of the molecule is Cc1ccc(S(=O)(=O)OC2CCCC(C(F)(F)F)C2)cc1. The molecule has 0 saturated heterocycles. The summed E-state index contributed by atoms with van der Waals surface area (Å²) in [5.41, 5.74) is 0.892. The van der Waals surface area contributed by atoms with Crippen LogP contribution >= 0.6 is 0 Å². The molecule has 7 heteroatoms. The molecule has 21 heavy (non-hydrogen) atoms. The highest BCUT2D eigenvalue weighted by Crippen LogP contribution is 2.39. The Morgan fingerprint density at radius 3 is 2.33 bits per heavy atom. The Labute approximate surface area is 122 Å². The largest absolute Gasteiger partial charge is 0.391 e. The van der Waals surface area contributed by atoms with Crippen molar-refractivity contribution in [3.8, 4) is 0 Å². The van der Waals surface area contributed by atoms with Gasteiger partial charge in [-0.1, -0.05) is 24.1 Å². The average Bonchev–Trinajstić information content (AvgIpc) is 2.38. The van der Waals surface area contributed by atoms with Crippen LogP contribution in [-0.2, 0) is 14.3 Å². The van der Waals surface area contributed by atoms with Crippen LogP contribution in [0, 0.1) is 12.8 Å². The molecule has 0 amide bonds. The smallest absolute Gasteiger partial charge is 0.263 e. The molecule has 0 radical (unpaired) electrons. The van der Waals surface area contributed by atoms with E-state index in [1.54, 1.807) is 12.1 Å². The fourth-order valence-corrected chi connectivity index (χ4v) is 3.58. The quantitative estimate of drug-likeness (QED) is 0.795. The number of alkyl halides is 3. The summed E-state index contributed by atoms with van der Waals surface area (Å²) in [5.74, 6) is -1.48. The van der Waals surface area contributed by atoms with Gasteiger partial charge in [0.1, 0.15) is 0 Å². The maximum Gasteiger partial charge on any atom is 0.391 e. The van der Waals surface area contributed by atoms with Crippen molar-refractivity contribution in [1.82, 2.24) is 0 Å². The maximum atomic E-state index is 12.7. The fourth-order valence-electron chi connectivity index (χ4n) is 2.47. The lowest BCUT2D eigenvalue weighted by Crippen LogP contribution is -2.33. The molecule has 2 rings (SSSR count). The van der Waals surface area contributed by atoms with E-state index in [0.29, 0.717) is 12.8 Å². The van der Waals surface area contributed by atoms with Crippen molar-refractivity contribution in [2.75, 3.05) is 0 Å². The van der Waals surface area contributed by atoms with E-state index in [2.05, 4.69) is 0 Å². The summed E-state index contributed by atoms with van der Waals surface area (Å²) in [6.07, 6.45) is -4.81. The first-order valence-electron chi connectivity index (χ1n) is 6.75. The van der Waals surface area contributed by atoms with Crippen LogP contribution in [0.15, 0.2) is 29.2 Å².